The molecule has 3 rings (SSSR count). The topological polar surface area (TPSA) is 36.1 Å². The van der Waals surface area contributed by atoms with Gasteiger partial charge in [-0.3, -0.25) is 10.6 Å². The van der Waals surface area contributed by atoms with Crippen LogP contribution in [-0.2, 0) is 0 Å². The van der Waals surface area contributed by atoms with Crippen molar-refractivity contribution in [2.24, 2.45) is 0 Å². The van der Waals surface area contributed by atoms with E-state index in [4.69, 9.17) is 0 Å². The molecule has 0 bridgehead atoms. The molecule has 1 saturated heterocycles. The average molecular weight is 195 g/mol. The van der Waals surface area contributed by atoms with Crippen LogP contribution in [0.4, 0.5) is 0 Å². The quantitative estimate of drug-likeness (QED) is 0.508. The molecule has 3 N–H and O–H groups in total. The highest BCUT2D eigenvalue weighted by Gasteiger charge is 2.34. The summed E-state index contributed by atoms with van der Waals surface area (Å²) in [6.07, 6.45) is 4.47. The number of fused-ring (bicyclic) bond motifs is 2. The first-order valence-electron chi connectivity index (χ1n) is 4.69. The minimum absolute atomic E-state index is 0.525. The first-order chi connectivity index (χ1) is 6.45. The molecule has 0 radical (unpaired) electrons. The van der Waals surface area contributed by atoms with E-state index in [2.05, 4.69) is 28.1 Å². The van der Waals surface area contributed by atoms with E-state index < -0.39 is 0 Å². The number of nitrogens with one attached hydrogen (secondary N) is 3. The molecule has 0 aliphatic carbocycles. The molecule has 3 heterocycles. The lowest BCUT2D eigenvalue weighted by Crippen LogP contribution is -2.42. The van der Waals surface area contributed by atoms with Crippen molar-refractivity contribution in [2.75, 3.05) is 19.8 Å². The molecule has 0 saturated carbocycles. The second-order valence-corrected chi connectivity index (χ2v) is 4.80. The predicted molar refractivity (Wildman–Crippen MR) is 55.3 cm³/mol. The second kappa shape index (κ2) is 3.04. The van der Waals surface area contributed by atoms with Gasteiger partial charge < -0.3 is 5.32 Å². The van der Waals surface area contributed by atoms with Crippen molar-refractivity contribution >= 4 is 11.8 Å². The van der Waals surface area contributed by atoms with Gasteiger partial charge in [-0.05, 0) is 5.57 Å². The fourth-order valence-corrected chi connectivity index (χ4v) is 3.50. The van der Waals surface area contributed by atoms with E-state index in [0.717, 1.165) is 19.8 Å². The molecule has 2 atom stereocenters. The largest absolute Gasteiger partial charge is 0.375 e. The first-order valence-corrected chi connectivity index (χ1v) is 5.63. The Balaban J connectivity index is 1.96. The van der Waals surface area contributed by atoms with E-state index in [9.17, 15) is 0 Å². The highest BCUT2D eigenvalue weighted by Crippen LogP contribution is 2.38. The summed E-state index contributed by atoms with van der Waals surface area (Å²) in [7, 11) is 0. The molecule has 3 aliphatic heterocycles. The Morgan fingerprint density at radius 2 is 2.46 bits per heavy atom. The maximum atomic E-state index is 3.49. The molecule has 3 aliphatic rings. The monoisotopic (exact) mass is 195 g/mol. The maximum absolute atomic E-state index is 3.49. The van der Waals surface area contributed by atoms with Crippen molar-refractivity contribution in [2.45, 2.75) is 10.6 Å². The van der Waals surface area contributed by atoms with Crippen LogP contribution in [0, 0.1) is 0 Å². The zero-order valence-corrected chi connectivity index (χ0v) is 8.16. The minimum atomic E-state index is 0.525. The van der Waals surface area contributed by atoms with Gasteiger partial charge in [-0.15, -0.1) is 11.8 Å². The summed E-state index contributed by atoms with van der Waals surface area (Å²) in [6, 6.07) is 0. The van der Waals surface area contributed by atoms with Crippen molar-refractivity contribution in [3.63, 3.8) is 0 Å². The molecule has 0 spiro atoms. The lowest BCUT2D eigenvalue weighted by molar-refractivity contribution is 0.564. The molecule has 0 aromatic rings. The van der Waals surface area contributed by atoms with Gasteiger partial charge in [0.2, 0.25) is 0 Å². The van der Waals surface area contributed by atoms with Crippen LogP contribution in [0.25, 0.3) is 0 Å². The maximum Gasteiger partial charge on any atom is 0.0816 e. The van der Waals surface area contributed by atoms with Gasteiger partial charge in [0, 0.05) is 18.8 Å². The van der Waals surface area contributed by atoms with E-state index in [1.807, 2.05) is 11.8 Å². The molecule has 70 valence electrons. The minimum Gasteiger partial charge on any atom is -0.375 e. The van der Waals surface area contributed by atoms with Gasteiger partial charge >= 0.3 is 0 Å². The fraction of sp³-hybridized carbons (Fsp3) is 0.556. The van der Waals surface area contributed by atoms with E-state index in [-0.39, 0.29) is 0 Å². The Labute approximate surface area is 82.0 Å². The molecule has 0 aromatic heterocycles. The summed E-state index contributed by atoms with van der Waals surface area (Å²) in [5, 5.41) is 11.4. The molecule has 0 aromatic carbocycles. The van der Waals surface area contributed by atoms with Gasteiger partial charge in [-0.2, -0.15) is 0 Å². The Bertz CT molecular complexity index is 285. The van der Waals surface area contributed by atoms with E-state index >= 15 is 0 Å². The summed E-state index contributed by atoms with van der Waals surface area (Å²) < 4.78 is 0. The van der Waals surface area contributed by atoms with Crippen molar-refractivity contribution in [3.8, 4) is 0 Å². The van der Waals surface area contributed by atoms with Crippen molar-refractivity contribution in [3.05, 3.63) is 23.4 Å². The molecule has 4 heteroatoms. The smallest absolute Gasteiger partial charge is 0.0816 e. The van der Waals surface area contributed by atoms with Gasteiger partial charge in [-0.25, -0.2) is 0 Å². The summed E-state index contributed by atoms with van der Waals surface area (Å²) in [5.41, 5.74) is 2.90. The highest BCUT2D eigenvalue weighted by atomic mass is 32.2. The first kappa shape index (κ1) is 7.91. The third kappa shape index (κ3) is 1.21. The summed E-state index contributed by atoms with van der Waals surface area (Å²) in [5.74, 6) is 0. The predicted octanol–water partition coefficient (Wildman–Crippen LogP) is -0.00830. The molecular formula is C9H13N3S. The summed E-state index contributed by atoms with van der Waals surface area (Å²) in [6.45, 7) is 3.02. The van der Waals surface area contributed by atoms with E-state index in [1.165, 1.54) is 11.3 Å². The standard InChI is InChI=1S/C9H13N3S/c1-2-6-8-7(4-10-5-12-8)13-9(6)11-3-1/h1-2,7,9-12H,3-5H2. The molecular weight excluding hydrogens is 182 g/mol. The van der Waals surface area contributed by atoms with Crippen LogP contribution >= 0.6 is 11.8 Å². The van der Waals surface area contributed by atoms with Gasteiger partial charge in [0.25, 0.3) is 0 Å². The van der Waals surface area contributed by atoms with Crippen LogP contribution in [0.5, 0.6) is 0 Å². The third-order valence-corrected chi connectivity index (χ3v) is 4.09. The van der Waals surface area contributed by atoms with E-state index in [0.29, 0.717) is 10.6 Å². The Kier molecular flexibility index (Phi) is 1.85. The summed E-state index contributed by atoms with van der Waals surface area (Å²) in [4.78, 5) is 0. The Morgan fingerprint density at radius 1 is 1.46 bits per heavy atom. The van der Waals surface area contributed by atoms with Gasteiger partial charge in [0.05, 0.1) is 17.3 Å². The SMILES string of the molecule is C1=CC2=C3NCNCC3SC2NC1. The average Bonchev–Trinajstić information content (AvgIpc) is 2.56. The molecule has 1 fully saturated rings. The number of thioether (sulfide) groups is 1. The number of hydrogen-bond acceptors (Lipinski definition) is 4. The van der Waals surface area contributed by atoms with Crippen molar-refractivity contribution < 1.29 is 0 Å². The lowest BCUT2D eigenvalue weighted by Gasteiger charge is -2.23. The van der Waals surface area contributed by atoms with Crippen LogP contribution in [0.2, 0.25) is 0 Å². The van der Waals surface area contributed by atoms with Crippen LogP contribution in [0.15, 0.2) is 23.4 Å². The molecule has 2 unspecified atom stereocenters. The van der Waals surface area contributed by atoms with Crippen LogP contribution in [-0.4, -0.2) is 30.4 Å². The van der Waals surface area contributed by atoms with Gasteiger partial charge in [-0.1, -0.05) is 12.2 Å². The van der Waals surface area contributed by atoms with Gasteiger partial charge in [0.15, 0.2) is 0 Å². The molecule has 0 amide bonds. The molecule has 3 nitrogen and oxygen atoms in total. The molecule has 13 heavy (non-hydrogen) atoms. The van der Waals surface area contributed by atoms with E-state index in [1.54, 1.807) is 0 Å². The van der Waals surface area contributed by atoms with Crippen LogP contribution in [0.1, 0.15) is 0 Å². The third-order valence-electron chi connectivity index (χ3n) is 2.67. The Morgan fingerprint density at radius 3 is 3.46 bits per heavy atom. The highest BCUT2D eigenvalue weighted by molar-refractivity contribution is 8.01. The zero-order valence-electron chi connectivity index (χ0n) is 7.34. The van der Waals surface area contributed by atoms with Gasteiger partial charge in [0.1, 0.15) is 0 Å². The number of rotatable bonds is 0. The number of hydrogen-bond donors (Lipinski definition) is 3. The fourth-order valence-electron chi connectivity index (χ4n) is 2.06. The zero-order chi connectivity index (χ0) is 8.67. The Hall–Kier alpha value is -0.450. The normalized spacial score (nSPS) is 36.9. The van der Waals surface area contributed by atoms with Crippen LogP contribution < -0.4 is 16.0 Å². The van der Waals surface area contributed by atoms with Crippen molar-refractivity contribution in [1.29, 1.82) is 0 Å². The lowest BCUT2D eigenvalue weighted by atomic mass is 10.1. The second-order valence-electron chi connectivity index (χ2n) is 3.49. The summed E-state index contributed by atoms with van der Waals surface area (Å²) >= 11 is 2.02. The van der Waals surface area contributed by atoms with Crippen molar-refractivity contribution in [1.82, 2.24) is 16.0 Å². The van der Waals surface area contributed by atoms with Crippen LogP contribution in [0.3, 0.4) is 0 Å².